The molecule has 0 aliphatic rings. The molecule has 1 rings (SSSR count). The summed E-state index contributed by atoms with van der Waals surface area (Å²) in [5, 5.41) is 28.3. The summed E-state index contributed by atoms with van der Waals surface area (Å²) >= 11 is 0. The number of hydrogen-bond donors (Lipinski definition) is 3. The van der Waals surface area contributed by atoms with Crippen LogP contribution in [0.25, 0.3) is 0 Å². The Morgan fingerprint density at radius 2 is 2.06 bits per heavy atom. The van der Waals surface area contributed by atoms with Gasteiger partial charge in [0.25, 0.3) is 0 Å². The molecule has 2 atom stereocenters. The molecule has 0 heterocycles. The smallest absolute Gasteiger partial charge is 0.337 e. The van der Waals surface area contributed by atoms with Crippen molar-refractivity contribution in [1.82, 2.24) is 0 Å². The van der Waals surface area contributed by atoms with Crippen LogP contribution in [0, 0.1) is 6.92 Å². The third kappa shape index (κ3) is 3.03. The van der Waals surface area contributed by atoms with Gasteiger partial charge in [-0.05, 0) is 23.6 Å². The Kier molecular flexibility index (Phi) is 4.62. The molecule has 1 aromatic rings. The summed E-state index contributed by atoms with van der Waals surface area (Å²) in [6, 6.07) is 4.87. The maximum Gasteiger partial charge on any atom is 0.337 e. The Bertz CT molecular complexity index is 402. The molecule has 0 amide bonds. The van der Waals surface area contributed by atoms with Crippen LogP contribution in [0.1, 0.15) is 22.8 Å². The van der Waals surface area contributed by atoms with Crippen molar-refractivity contribution in [2.45, 2.75) is 25.7 Å². The minimum Gasteiger partial charge on any atom is -0.467 e. The first-order valence-electron chi connectivity index (χ1n) is 5.15. The van der Waals surface area contributed by atoms with Gasteiger partial charge in [0.05, 0.1) is 13.7 Å². The molecule has 0 saturated heterocycles. The van der Waals surface area contributed by atoms with Gasteiger partial charge < -0.3 is 20.1 Å². The lowest BCUT2D eigenvalue weighted by Crippen LogP contribution is -2.29. The van der Waals surface area contributed by atoms with Gasteiger partial charge in [0, 0.05) is 0 Å². The van der Waals surface area contributed by atoms with Crippen LogP contribution >= 0.6 is 0 Å². The van der Waals surface area contributed by atoms with Crippen molar-refractivity contribution in [3.05, 3.63) is 34.9 Å². The normalized spacial score (nSPS) is 14.2. The minimum absolute atomic E-state index is 0.100. The summed E-state index contributed by atoms with van der Waals surface area (Å²) in [7, 11) is 1.14. The number of rotatable bonds is 4. The molecule has 0 aliphatic carbocycles. The number of carbonyl (C=O) groups excluding carboxylic acids is 1. The number of esters is 1. The summed E-state index contributed by atoms with van der Waals surface area (Å²) in [6.45, 7) is 1.62. The van der Waals surface area contributed by atoms with Gasteiger partial charge in [0.2, 0.25) is 0 Å². The van der Waals surface area contributed by atoms with Crippen molar-refractivity contribution < 1.29 is 24.9 Å². The fourth-order valence-corrected chi connectivity index (χ4v) is 1.59. The molecular formula is C12H16O5. The number of ether oxygens (including phenoxy) is 1. The highest BCUT2D eigenvalue weighted by molar-refractivity contribution is 5.75. The second kappa shape index (κ2) is 5.77. The Labute approximate surface area is 99.3 Å². The van der Waals surface area contributed by atoms with Gasteiger partial charge in [-0.15, -0.1) is 0 Å². The maximum absolute atomic E-state index is 11.1. The van der Waals surface area contributed by atoms with Crippen molar-refractivity contribution >= 4 is 5.97 Å². The van der Waals surface area contributed by atoms with Crippen molar-refractivity contribution in [2.24, 2.45) is 0 Å². The lowest BCUT2D eigenvalue weighted by atomic mass is 9.97. The largest absolute Gasteiger partial charge is 0.467 e. The van der Waals surface area contributed by atoms with Crippen molar-refractivity contribution in [1.29, 1.82) is 0 Å². The quantitative estimate of drug-likeness (QED) is 0.647. The second-order valence-corrected chi connectivity index (χ2v) is 3.76. The first-order valence-corrected chi connectivity index (χ1v) is 5.15. The van der Waals surface area contributed by atoms with Crippen LogP contribution in [0.2, 0.25) is 0 Å². The zero-order chi connectivity index (χ0) is 13.0. The summed E-state index contributed by atoms with van der Waals surface area (Å²) in [5.41, 5.74) is 1.82. The molecule has 0 spiro atoms. The highest BCUT2D eigenvalue weighted by atomic mass is 16.5. The average Bonchev–Trinajstić information content (AvgIpc) is 2.35. The van der Waals surface area contributed by atoms with E-state index in [1.165, 1.54) is 0 Å². The molecule has 0 saturated carbocycles. The van der Waals surface area contributed by atoms with Gasteiger partial charge >= 0.3 is 5.97 Å². The number of methoxy groups -OCH3 is 1. The van der Waals surface area contributed by atoms with Crippen LogP contribution in [0.15, 0.2) is 18.2 Å². The molecule has 0 aliphatic heterocycles. The number of aryl methyl sites for hydroxylation is 1. The van der Waals surface area contributed by atoms with E-state index in [-0.39, 0.29) is 6.61 Å². The molecule has 0 fully saturated rings. The fourth-order valence-electron chi connectivity index (χ4n) is 1.59. The van der Waals surface area contributed by atoms with Crippen LogP contribution in [0.3, 0.4) is 0 Å². The summed E-state index contributed by atoms with van der Waals surface area (Å²) in [6.07, 6.45) is -2.95. The van der Waals surface area contributed by atoms with Crippen molar-refractivity contribution in [3.8, 4) is 0 Å². The maximum atomic E-state index is 11.1. The third-order valence-electron chi connectivity index (χ3n) is 2.58. The SMILES string of the molecule is COC(=O)C(O)C(O)c1ccc(CO)cc1C. The second-order valence-electron chi connectivity index (χ2n) is 3.76. The predicted molar refractivity (Wildman–Crippen MR) is 60.1 cm³/mol. The highest BCUT2D eigenvalue weighted by Crippen LogP contribution is 2.22. The van der Waals surface area contributed by atoms with E-state index in [1.807, 2.05) is 0 Å². The van der Waals surface area contributed by atoms with Crippen LogP contribution in [0.5, 0.6) is 0 Å². The molecule has 1 aromatic carbocycles. The van der Waals surface area contributed by atoms with E-state index in [2.05, 4.69) is 4.74 Å². The number of carbonyl (C=O) groups is 1. The predicted octanol–water partition coefficient (Wildman–Crippen LogP) is 0.0546. The minimum atomic E-state index is -1.61. The van der Waals surface area contributed by atoms with Crippen LogP contribution in [-0.4, -0.2) is 34.5 Å². The topological polar surface area (TPSA) is 87.0 Å². The van der Waals surface area contributed by atoms with Crippen molar-refractivity contribution in [2.75, 3.05) is 7.11 Å². The molecule has 0 bridgehead atoms. The lowest BCUT2D eigenvalue weighted by Gasteiger charge is -2.18. The Morgan fingerprint density at radius 3 is 2.53 bits per heavy atom. The van der Waals surface area contributed by atoms with Crippen molar-refractivity contribution in [3.63, 3.8) is 0 Å². The molecule has 5 nitrogen and oxygen atoms in total. The van der Waals surface area contributed by atoms with E-state index >= 15 is 0 Å². The Hall–Kier alpha value is -1.43. The first kappa shape index (κ1) is 13.6. The van der Waals surface area contributed by atoms with E-state index in [0.29, 0.717) is 16.7 Å². The van der Waals surface area contributed by atoms with Gasteiger partial charge in [-0.25, -0.2) is 4.79 Å². The van der Waals surface area contributed by atoms with Gasteiger partial charge in [-0.2, -0.15) is 0 Å². The molecule has 0 radical (unpaired) electrons. The molecule has 5 heteroatoms. The zero-order valence-electron chi connectivity index (χ0n) is 9.75. The fraction of sp³-hybridized carbons (Fsp3) is 0.417. The first-order chi connectivity index (χ1) is 8.01. The van der Waals surface area contributed by atoms with E-state index in [9.17, 15) is 15.0 Å². The summed E-state index contributed by atoms with van der Waals surface area (Å²) < 4.78 is 4.35. The Morgan fingerprint density at radius 1 is 1.41 bits per heavy atom. The third-order valence-corrected chi connectivity index (χ3v) is 2.58. The zero-order valence-corrected chi connectivity index (χ0v) is 9.75. The molecular weight excluding hydrogens is 224 g/mol. The number of aliphatic hydroxyl groups excluding tert-OH is 3. The van der Waals surface area contributed by atoms with E-state index in [1.54, 1.807) is 25.1 Å². The van der Waals surface area contributed by atoms with Gasteiger partial charge in [-0.3, -0.25) is 0 Å². The molecule has 94 valence electrons. The lowest BCUT2D eigenvalue weighted by molar-refractivity contribution is -0.156. The average molecular weight is 240 g/mol. The number of benzene rings is 1. The number of hydrogen-bond acceptors (Lipinski definition) is 5. The van der Waals surface area contributed by atoms with Crippen LogP contribution in [-0.2, 0) is 16.1 Å². The van der Waals surface area contributed by atoms with Gasteiger partial charge in [0.15, 0.2) is 6.10 Å². The van der Waals surface area contributed by atoms with Crippen LogP contribution in [0.4, 0.5) is 0 Å². The standard InChI is InChI=1S/C12H16O5/c1-7-5-8(6-13)3-4-9(7)10(14)11(15)12(16)17-2/h3-5,10-11,13-15H,6H2,1-2H3. The van der Waals surface area contributed by atoms with Gasteiger partial charge in [-0.1, -0.05) is 18.2 Å². The van der Waals surface area contributed by atoms with E-state index in [4.69, 9.17) is 5.11 Å². The van der Waals surface area contributed by atoms with Crippen LogP contribution < -0.4 is 0 Å². The summed E-state index contributed by atoms with van der Waals surface area (Å²) in [5.74, 6) is -0.886. The molecule has 3 N–H and O–H groups in total. The molecule has 2 unspecified atom stereocenters. The monoisotopic (exact) mass is 240 g/mol. The molecule has 0 aromatic heterocycles. The van der Waals surface area contributed by atoms with E-state index in [0.717, 1.165) is 7.11 Å². The van der Waals surface area contributed by atoms with E-state index < -0.39 is 18.2 Å². The number of aliphatic hydroxyl groups is 3. The summed E-state index contributed by atoms with van der Waals surface area (Å²) in [4.78, 5) is 11.1. The van der Waals surface area contributed by atoms with Gasteiger partial charge in [0.1, 0.15) is 6.10 Å². The molecule has 17 heavy (non-hydrogen) atoms. The highest BCUT2D eigenvalue weighted by Gasteiger charge is 2.27. The Balaban J connectivity index is 2.96.